The molecule has 9 rings (SSSR count). The van der Waals surface area contributed by atoms with E-state index in [-0.39, 0.29) is 43.8 Å². The van der Waals surface area contributed by atoms with E-state index in [0.717, 1.165) is 6.42 Å². The van der Waals surface area contributed by atoms with Crippen LogP contribution in [0.2, 0.25) is 0 Å². The fraction of sp³-hybridized carbons (Fsp3) is 0.475. The molecule has 0 N–H and O–H groups in total. The van der Waals surface area contributed by atoms with Gasteiger partial charge in [-0.3, -0.25) is 0 Å². The third-order valence-electron chi connectivity index (χ3n) is 16.3. The predicted octanol–water partition coefficient (Wildman–Crippen LogP) is 17.0. The zero-order valence-electron chi connectivity index (χ0n) is 41.6. The van der Waals surface area contributed by atoms with E-state index in [1.807, 2.05) is 0 Å². The van der Waals surface area contributed by atoms with E-state index in [4.69, 9.17) is 0 Å². The van der Waals surface area contributed by atoms with Crippen LogP contribution in [0.4, 0.5) is 11.4 Å². The molecule has 0 amide bonds. The van der Waals surface area contributed by atoms with E-state index >= 15 is 0 Å². The molecule has 0 fully saturated rings. The molecule has 0 aromatic heterocycles. The largest absolute Gasteiger partial charge is 0.313 e. The van der Waals surface area contributed by atoms with Gasteiger partial charge in [-0.2, -0.15) is 0 Å². The first-order valence-corrected chi connectivity index (χ1v) is 23.8. The Kier molecular flexibility index (Phi) is 9.24. The van der Waals surface area contributed by atoms with Crippen molar-refractivity contribution in [3.05, 3.63) is 158 Å². The van der Waals surface area contributed by atoms with E-state index in [9.17, 15) is 0 Å². The van der Waals surface area contributed by atoms with Gasteiger partial charge in [0.25, 0.3) is 0 Å². The summed E-state index contributed by atoms with van der Waals surface area (Å²) in [6.45, 7) is 43.7. The van der Waals surface area contributed by atoms with Gasteiger partial charge in [0.05, 0.1) is 5.69 Å². The van der Waals surface area contributed by atoms with Crippen molar-refractivity contribution in [3.8, 4) is 11.1 Å². The van der Waals surface area contributed by atoms with Crippen LogP contribution in [-0.4, -0.2) is 0 Å². The number of nitrogens with zero attached hydrogens (tertiary/aromatic N) is 1. The van der Waals surface area contributed by atoms with Crippen molar-refractivity contribution in [2.24, 2.45) is 22.7 Å². The maximum absolute atomic E-state index is 2.79. The number of benzene rings is 4. The second-order valence-electron chi connectivity index (χ2n) is 25.7. The van der Waals surface area contributed by atoms with Gasteiger partial charge < -0.3 is 4.90 Å². The van der Waals surface area contributed by atoms with Gasteiger partial charge in [0.1, 0.15) is 0 Å². The summed E-state index contributed by atoms with van der Waals surface area (Å²) in [6, 6.07) is 29.3. The molecule has 4 aromatic rings. The molecular weight excluding hydrogens is 747 g/mol. The number of hydrogen-bond donors (Lipinski definition) is 0. The summed E-state index contributed by atoms with van der Waals surface area (Å²) < 4.78 is 0. The third kappa shape index (κ3) is 6.36. The van der Waals surface area contributed by atoms with Crippen LogP contribution >= 0.6 is 0 Å². The lowest BCUT2D eigenvalue weighted by atomic mass is 9.68. The lowest BCUT2D eigenvalue weighted by Gasteiger charge is -2.42. The monoisotopic (exact) mass is 822 g/mol. The Hall–Kier alpha value is -4.36. The minimum atomic E-state index is -0.125. The van der Waals surface area contributed by atoms with Crippen molar-refractivity contribution in [1.82, 2.24) is 0 Å². The summed E-state index contributed by atoms with van der Waals surface area (Å²) in [5.41, 5.74) is 22.6. The Bertz CT molecular complexity index is 2670. The molecule has 0 saturated heterocycles. The Morgan fingerprint density at radius 2 is 1.24 bits per heavy atom. The minimum absolute atomic E-state index is 0.0359. The summed E-state index contributed by atoms with van der Waals surface area (Å²) in [5, 5.41) is 0. The van der Waals surface area contributed by atoms with Gasteiger partial charge in [0.15, 0.2) is 0 Å². The molecule has 1 heteroatoms. The normalized spacial score (nSPS) is 22.9. The van der Waals surface area contributed by atoms with Crippen LogP contribution in [0.1, 0.15) is 181 Å². The lowest BCUT2D eigenvalue weighted by Crippen LogP contribution is -2.34. The molecule has 0 bridgehead atoms. The van der Waals surface area contributed by atoms with E-state index in [1.54, 1.807) is 5.57 Å². The highest BCUT2D eigenvalue weighted by Crippen LogP contribution is 2.62. The first-order valence-electron chi connectivity index (χ1n) is 23.8. The Balaban J connectivity index is 1.39. The standard InChI is InChI=1S/C61H75N/c1-55(2,3)36-23-26-43-46(29-36)60(15,16)49-31-38(57(7,8)9)33-51(53(43)49)62(40-25-28-42-41-21-19-20-22-45(41)59(13,14)48(42)35-40)52-34-39(58(10,11)12)32-50-54(52)44-27-24-37(56(4,5)6)30-47(44)61(50,17)18/h19-29,31-35,37,49,53H,30H2,1-18H3. The molecule has 3 unspecified atom stereocenters. The fourth-order valence-electron chi connectivity index (χ4n) is 12.0. The molecule has 0 heterocycles. The van der Waals surface area contributed by atoms with Crippen molar-refractivity contribution in [1.29, 1.82) is 0 Å². The van der Waals surface area contributed by atoms with Crippen molar-refractivity contribution in [2.75, 3.05) is 4.90 Å². The second kappa shape index (κ2) is 13.3. The van der Waals surface area contributed by atoms with Gasteiger partial charge in [-0.05, 0) is 131 Å². The van der Waals surface area contributed by atoms with Gasteiger partial charge >= 0.3 is 0 Å². The zero-order valence-corrected chi connectivity index (χ0v) is 41.6. The van der Waals surface area contributed by atoms with E-state index in [1.165, 1.54) is 83.9 Å². The van der Waals surface area contributed by atoms with Gasteiger partial charge in [0.2, 0.25) is 0 Å². The molecular formula is C61H75N. The molecule has 5 aliphatic rings. The van der Waals surface area contributed by atoms with Gasteiger partial charge in [-0.15, -0.1) is 0 Å². The van der Waals surface area contributed by atoms with Crippen molar-refractivity contribution < 1.29 is 0 Å². The molecule has 0 radical (unpaired) electrons. The molecule has 5 aliphatic carbocycles. The van der Waals surface area contributed by atoms with Gasteiger partial charge in [-0.25, -0.2) is 0 Å². The summed E-state index contributed by atoms with van der Waals surface area (Å²) in [6.07, 6.45) is 11.5. The summed E-state index contributed by atoms with van der Waals surface area (Å²) in [7, 11) is 0. The zero-order chi connectivity index (χ0) is 45.1. The number of allylic oxidation sites excluding steroid dienone is 8. The molecule has 0 aliphatic heterocycles. The highest BCUT2D eigenvalue weighted by molar-refractivity contribution is 5.96. The van der Waals surface area contributed by atoms with Crippen LogP contribution in [0.3, 0.4) is 0 Å². The number of anilines is 2. The van der Waals surface area contributed by atoms with E-state index in [2.05, 4.69) is 227 Å². The molecule has 3 atom stereocenters. The summed E-state index contributed by atoms with van der Waals surface area (Å²) in [5.74, 6) is 0.975. The van der Waals surface area contributed by atoms with Crippen molar-refractivity contribution >= 4 is 16.9 Å². The fourth-order valence-corrected chi connectivity index (χ4v) is 12.0. The lowest BCUT2D eigenvalue weighted by molar-refractivity contribution is 0.283. The topological polar surface area (TPSA) is 3.24 Å². The number of fused-ring (bicyclic) bond motifs is 8. The number of rotatable bonds is 3. The highest BCUT2D eigenvalue weighted by Gasteiger charge is 2.52. The molecule has 1 nitrogen and oxygen atoms in total. The number of hydrogen-bond acceptors (Lipinski definition) is 1. The molecule has 0 spiro atoms. The average Bonchev–Trinajstić information content (AvgIpc) is 3.65. The maximum atomic E-state index is 2.79. The molecule has 62 heavy (non-hydrogen) atoms. The van der Waals surface area contributed by atoms with Crippen LogP contribution in [0.5, 0.6) is 0 Å². The van der Waals surface area contributed by atoms with Crippen LogP contribution < -0.4 is 4.90 Å². The molecule has 4 aromatic carbocycles. The summed E-state index contributed by atoms with van der Waals surface area (Å²) >= 11 is 0. The van der Waals surface area contributed by atoms with Gasteiger partial charge in [0, 0.05) is 33.7 Å². The quantitative estimate of drug-likeness (QED) is 0.199. The molecule has 0 saturated carbocycles. The van der Waals surface area contributed by atoms with E-state index in [0.29, 0.717) is 11.8 Å². The average molecular weight is 822 g/mol. The highest BCUT2D eigenvalue weighted by atomic mass is 15.2. The maximum Gasteiger partial charge on any atom is 0.0543 e. The van der Waals surface area contributed by atoms with E-state index < -0.39 is 0 Å². The van der Waals surface area contributed by atoms with Gasteiger partial charge in [-0.1, -0.05) is 203 Å². The first-order chi connectivity index (χ1) is 28.5. The van der Waals surface area contributed by atoms with Crippen LogP contribution in [-0.2, 0) is 27.1 Å². The SMILES string of the molecule is CC(C)(C)C1=CC2C(C(N(c3ccc4c(c3)C(C)(C)c3ccccc3-4)c3cc(C(C)(C)C)cc4c3C3=C(CC(C(C)(C)C)C=C3)C4(C)C)=C1)c1ccc(C(C)(C)C)cc1C2(C)C. The predicted molar refractivity (Wildman–Crippen MR) is 268 cm³/mol. The Morgan fingerprint density at radius 3 is 1.89 bits per heavy atom. The Labute approximate surface area is 376 Å². The Morgan fingerprint density at radius 1 is 0.597 bits per heavy atom. The minimum Gasteiger partial charge on any atom is -0.313 e. The molecule has 324 valence electrons. The third-order valence-corrected chi connectivity index (χ3v) is 16.3. The summed E-state index contributed by atoms with van der Waals surface area (Å²) in [4.78, 5) is 2.79. The smallest absolute Gasteiger partial charge is 0.0543 e. The van der Waals surface area contributed by atoms with Crippen LogP contribution in [0, 0.1) is 22.7 Å². The second-order valence-corrected chi connectivity index (χ2v) is 25.7. The van der Waals surface area contributed by atoms with Crippen LogP contribution in [0.15, 0.2) is 114 Å². The van der Waals surface area contributed by atoms with Crippen LogP contribution in [0.25, 0.3) is 16.7 Å². The van der Waals surface area contributed by atoms with Crippen molar-refractivity contribution in [3.63, 3.8) is 0 Å². The first kappa shape index (κ1) is 42.9. The van der Waals surface area contributed by atoms with Crippen molar-refractivity contribution in [2.45, 2.75) is 164 Å².